The fraction of sp³-hybridized carbons (Fsp3) is 0.654. The number of ether oxygens (including phenoxy) is 3. The number of aliphatic hydroxyl groups excluding tert-OH is 2. The van der Waals surface area contributed by atoms with Crippen molar-refractivity contribution in [2.75, 3.05) is 13.2 Å². The Morgan fingerprint density at radius 2 is 2.15 bits per heavy atom. The van der Waals surface area contributed by atoms with Gasteiger partial charge < -0.3 is 24.4 Å². The molecule has 3 rings (SSSR count). The summed E-state index contributed by atoms with van der Waals surface area (Å²) in [5.74, 6) is -0.289. The summed E-state index contributed by atoms with van der Waals surface area (Å²) in [7, 11) is 0. The van der Waals surface area contributed by atoms with Crippen LogP contribution in [0.15, 0.2) is 30.4 Å². The van der Waals surface area contributed by atoms with Gasteiger partial charge in [0.05, 0.1) is 18.3 Å². The number of carbonyl (C=O) groups excluding carboxylic acids is 1. The monoisotopic (exact) mass is 498 g/mol. The number of esters is 1. The lowest BCUT2D eigenvalue weighted by molar-refractivity contribution is -0.147. The quantitative estimate of drug-likeness (QED) is 0.359. The van der Waals surface area contributed by atoms with Crippen LogP contribution < -0.4 is 4.74 Å². The van der Waals surface area contributed by atoms with Crippen molar-refractivity contribution in [3.8, 4) is 5.75 Å². The first kappa shape index (κ1) is 26.9. The fourth-order valence-corrected chi connectivity index (χ4v) is 5.04. The first-order valence-electron chi connectivity index (χ1n) is 12.2. The van der Waals surface area contributed by atoms with Crippen molar-refractivity contribution in [1.82, 2.24) is 0 Å². The molecule has 1 aromatic carbocycles. The van der Waals surface area contributed by atoms with E-state index in [0.29, 0.717) is 30.4 Å². The van der Waals surface area contributed by atoms with Crippen LogP contribution in [-0.2, 0) is 14.3 Å². The van der Waals surface area contributed by atoms with Gasteiger partial charge in [-0.3, -0.25) is 4.79 Å². The second-order valence-electron chi connectivity index (χ2n) is 9.63. The van der Waals surface area contributed by atoms with Crippen LogP contribution in [-0.4, -0.2) is 53.8 Å². The van der Waals surface area contributed by atoms with Crippen molar-refractivity contribution < 1.29 is 33.6 Å². The maximum atomic E-state index is 13.8. The topological polar surface area (TPSA) is 85.2 Å². The van der Waals surface area contributed by atoms with Crippen LogP contribution in [0.5, 0.6) is 5.75 Å². The van der Waals surface area contributed by atoms with Crippen LogP contribution in [0.25, 0.3) is 0 Å². The van der Waals surface area contributed by atoms with E-state index in [4.69, 9.17) is 25.8 Å². The summed E-state index contributed by atoms with van der Waals surface area (Å²) < 4.78 is 30.5. The average molecular weight is 499 g/mol. The summed E-state index contributed by atoms with van der Waals surface area (Å²) in [5, 5.41) is 21.2. The van der Waals surface area contributed by atoms with Gasteiger partial charge in [0.25, 0.3) is 0 Å². The molecular weight excluding hydrogens is 463 g/mol. The van der Waals surface area contributed by atoms with Gasteiger partial charge >= 0.3 is 5.97 Å². The number of halogens is 2. The minimum atomic E-state index is -0.949. The Morgan fingerprint density at radius 3 is 2.91 bits per heavy atom. The molecule has 34 heavy (non-hydrogen) atoms. The van der Waals surface area contributed by atoms with E-state index in [1.807, 2.05) is 19.9 Å². The summed E-state index contributed by atoms with van der Waals surface area (Å²) in [6.45, 7) is 4.20. The predicted molar refractivity (Wildman–Crippen MR) is 127 cm³/mol. The Morgan fingerprint density at radius 1 is 1.35 bits per heavy atom. The Hall–Kier alpha value is -1.67. The Kier molecular flexibility index (Phi) is 10.2. The highest BCUT2D eigenvalue weighted by atomic mass is 35.5. The third-order valence-electron chi connectivity index (χ3n) is 6.56. The maximum Gasteiger partial charge on any atom is 0.306 e. The second kappa shape index (κ2) is 12.9. The molecule has 1 saturated heterocycles. The molecule has 1 saturated carbocycles. The van der Waals surface area contributed by atoms with Crippen LogP contribution in [0, 0.1) is 23.6 Å². The Balaban J connectivity index is 1.47. The van der Waals surface area contributed by atoms with E-state index in [-0.39, 0.29) is 42.4 Å². The van der Waals surface area contributed by atoms with Gasteiger partial charge in [0.1, 0.15) is 12.7 Å². The molecule has 0 bridgehead atoms. The van der Waals surface area contributed by atoms with Crippen molar-refractivity contribution in [2.24, 2.45) is 17.8 Å². The van der Waals surface area contributed by atoms with Gasteiger partial charge in [0.15, 0.2) is 11.6 Å². The lowest BCUT2D eigenvalue weighted by atomic mass is 9.86. The van der Waals surface area contributed by atoms with Crippen LogP contribution in [0.2, 0.25) is 5.02 Å². The van der Waals surface area contributed by atoms with Gasteiger partial charge in [-0.2, -0.15) is 0 Å². The minimum Gasteiger partial charge on any atom is -0.487 e. The van der Waals surface area contributed by atoms with Crippen LogP contribution >= 0.6 is 11.6 Å². The number of fused-ring (bicyclic) bond motifs is 1. The SMILES string of the molecule is CC(C)OC(=O)CCC[C@H]1CC[C@@H]2[C@@H](C=C[C@@H](O)COc3cc(Cl)ccc3F)[C@H](O)C[C@@H]2OC1. The van der Waals surface area contributed by atoms with Gasteiger partial charge in [-0.25, -0.2) is 4.39 Å². The first-order valence-corrected chi connectivity index (χ1v) is 12.5. The van der Waals surface area contributed by atoms with Crippen LogP contribution in [0.1, 0.15) is 52.4 Å². The summed E-state index contributed by atoms with van der Waals surface area (Å²) in [6, 6.07) is 4.01. The molecule has 6 atom stereocenters. The number of rotatable bonds is 10. The predicted octanol–water partition coefficient (Wildman–Crippen LogP) is 4.69. The number of benzene rings is 1. The zero-order valence-electron chi connectivity index (χ0n) is 19.9. The molecule has 1 heterocycles. The fourth-order valence-electron chi connectivity index (χ4n) is 4.87. The standard InChI is InChI=1S/C26H36ClFO6/c1-16(2)34-26(31)5-3-4-17-6-9-21-20(23(30)13-24(21)32-14-17)10-8-19(29)15-33-25-12-18(27)7-11-22(25)28/h7-8,10-12,16-17,19-21,23-24,29-30H,3-6,9,13-15H2,1-2H3/t17-,19+,20+,21+,23+,24-/m0/s1. The molecule has 8 heteroatoms. The second-order valence-corrected chi connectivity index (χ2v) is 10.1. The van der Waals surface area contributed by atoms with Gasteiger partial charge in [0.2, 0.25) is 0 Å². The van der Waals surface area contributed by atoms with Gasteiger partial charge in [0, 0.05) is 36.5 Å². The molecule has 0 aromatic heterocycles. The van der Waals surface area contributed by atoms with E-state index >= 15 is 0 Å². The summed E-state index contributed by atoms with van der Waals surface area (Å²) >= 11 is 5.86. The third kappa shape index (κ3) is 7.94. The number of aliphatic hydroxyl groups is 2. The van der Waals surface area contributed by atoms with Crippen LogP contribution in [0.3, 0.4) is 0 Å². The number of carbonyl (C=O) groups is 1. The van der Waals surface area contributed by atoms with Gasteiger partial charge in [-0.15, -0.1) is 0 Å². The minimum absolute atomic E-state index is 0.0124. The normalized spacial score (nSPS) is 28.0. The summed E-state index contributed by atoms with van der Waals surface area (Å²) in [4.78, 5) is 11.7. The maximum absolute atomic E-state index is 13.8. The van der Waals surface area contributed by atoms with Gasteiger partial charge in [-0.1, -0.05) is 23.8 Å². The molecule has 2 N–H and O–H groups in total. The molecule has 0 amide bonds. The largest absolute Gasteiger partial charge is 0.487 e. The third-order valence-corrected chi connectivity index (χ3v) is 6.80. The van der Waals surface area contributed by atoms with E-state index < -0.39 is 18.0 Å². The molecule has 1 aromatic rings. The molecular formula is C26H36ClFO6. The first-order chi connectivity index (χ1) is 16.2. The zero-order chi connectivity index (χ0) is 24.7. The lowest BCUT2D eigenvalue weighted by Crippen LogP contribution is -2.22. The van der Waals surface area contributed by atoms with E-state index in [1.165, 1.54) is 18.2 Å². The molecule has 2 aliphatic rings. The Labute approximate surface area is 206 Å². The van der Waals surface area contributed by atoms with Crippen molar-refractivity contribution in [1.29, 1.82) is 0 Å². The van der Waals surface area contributed by atoms with Crippen molar-refractivity contribution in [2.45, 2.75) is 76.8 Å². The number of hydrogen-bond acceptors (Lipinski definition) is 6. The summed E-state index contributed by atoms with van der Waals surface area (Å²) in [6.07, 6.45) is 6.40. The summed E-state index contributed by atoms with van der Waals surface area (Å²) in [5.41, 5.74) is 0. The molecule has 1 aliphatic heterocycles. The molecule has 2 fully saturated rings. The highest BCUT2D eigenvalue weighted by Crippen LogP contribution is 2.42. The average Bonchev–Trinajstić information content (AvgIpc) is 2.94. The Bertz CT molecular complexity index is 832. The number of hydrogen-bond donors (Lipinski definition) is 2. The highest BCUT2D eigenvalue weighted by molar-refractivity contribution is 6.30. The van der Waals surface area contributed by atoms with Crippen molar-refractivity contribution in [3.05, 3.63) is 41.2 Å². The highest BCUT2D eigenvalue weighted by Gasteiger charge is 2.43. The molecule has 1 aliphatic carbocycles. The molecule has 6 nitrogen and oxygen atoms in total. The smallest absolute Gasteiger partial charge is 0.306 e. The van der Waals surface area contributed by atoms with E-state index in [9.17, 15) is 19.4 Å². The van der Waals surface area contributed by atoms with E-state index in [0.717, 1.165) is 25.7 Å². The lowest BCUT2D eigenvalue weighted by Gasteiger charge is -2.21. The molecule has 0 spiro atoms. The van der Waals surface area contributed by atoms with Crippen molar-refractivity contribution in [3.63, 3.8) is 0 Å². The van der Waals surface area contributed by atoms with Crippen molar-refractivity contribution >= 4 is 17.6 Å². The van der Waals surface area contributed by atoms with Crippen LogP contribution in [0.4, 0.5) is 4.39 Å². The van der Waals surface area contributed by atoms with E-state index in [2.05, 4.69) is 0 Å². The molecule has 0 radical (unpaired) electrons. The zero-order valence-corrected chi connectivity index (χ0v) is 20.6. The van der Waals surface area contributed by atoms with Gasteiger partial charge in [-0.05, 0) is 63.5 Å². The molecule has 0 unspecified atom stereocenters. The molecule has 190 valence electrons. The van der Waals surface area contributed by atoms with E-state index in [1.54, 1.807) is 6.08 Å².